The van der Waals surface area contributed by atoms with Crippen molar-refractivity contribution in [1.82, 2.24) is 0 Å². The molecule has 24 heavy (non-hydrogen) atoms. The highest BCUT2D eigenvalue weighted by Gasteiger charge is 2.51. The maximum Gasteiger partial charge on any atom is 0.303 e. The Labute approximate surface area is 137 Å². The summed E-state index contributed by atoms with van der Waals surface area (Å²) in [7, 11) is 1.29. The third-order valence-electron chi connectivity index (χ3n) is 3.05. The summed E-state index contributed by atoms with van der Waals surface area (Å²) in [5.74, 6) is -2.03. The molecule has 11 heteroatoms. The number of esters is 3. The maximum atomic E-state index is 11.4. The Morgan fingerprint density at radius 2 is 1.50 bits per heavy atom. The molecular formula is C13H19N3O8. The minimum absolute atomic E-state index is 0.209. The van der Waals surface area contributed by atoms with Gasteiger partial charge in [-0.25, -0.2) is 0 Å². The largest absolute Gasteiger partial charge is 0.456 e. The topological polar surface area (TPSA) is 146 Å². The van der Waals surface area contributed by atoms with Crippen molar-refractivity contribution in [3.8, 4) is 0 Å². The predicted molar refractivity (Wildman–Crippen MR) is 76.3 cm³/mol. The van der Waals surface area contributed by atoms with Gasteiger partial charge in [0.25, 0.3) is 0 Å². The number of nitrogens with zero attached hydrogens (tertiary/aromatic N) is 3. The van der Waals surface area contributed by atoms with Crippen molar-refractivity contribution in [3.05, 3.63) is 10.4 Å². The highest BCUT2D eigenvalue weighted by atomic mass is 16.7. The summed E-state index contributed by atoms with van der Waals surface area (Å²) in [5, 5.41) is 3.38. The van der Waals surface area contributed by atoms with Gasteiger partial charge < -0.3 is 23.7 Å². The van der Waals surface area contributed by atoms with Gasteiger partial charge in [0.1, 0.15) is 6.10 Å². The van der Waals surface area contributed by atoms with Crippen LogP contribution in [0.1, 0.15) is 20.8 Å². The number of rotatable bonds is 6. The van der Waals surface area contributed by atoms with E-state index in [4.69, 9.17) is 29.2 Å². The Morgan fingerprint density at radius 1 is 1.00 bits per heavy atom. The molecule has 0 unspecified atom stereocenters. The Hall–Kier alpha value is -2.36. The molecule has 0 radical (unpaired) electrons. The standard InChI is InChI=1S/C13H19N3O8/c1-6(17)21-10-9(5-15-16-14)24-13(20-4)12(23-8(3)19)11(10)22-7(2)18/h9-13H,5H2,1-4H3/t9-,10+,11+,12-,13-/m1/s1. The highest BCUT2D eigenvalue weighted by Crippen LogP contribution is 2.29. The fraction of sp³-hybridized carbons (Fsp3) is 0.769. The molecular weight excluding hydrogens is 326 g/mol. The molecule has 0 aliphatic carbocycles. The van der Waals surface area contributed by atoms with Crippen molar-refractivity contribution >= 4 is 17.9 Å². The van der Waals surface area contributed by atoms with Gasteiger partial charge in [0.05, 0.1) is 6.54 Å². The van der Waals surface area contributed by atoms with Gasteiger partial charge in [0, 0.05) is 32.8 Å². The van der Waals surface area contributed by atoms with Crippen LogP contribution in [0.5, 0.6) is 0 Å². The van der Waals surface area contributed by atoms with Gasteiger partial charge in [0.2, 0.25) is 0 Å². The second-order valence-corrected chi connectivity index (χ2v) is 4.91. The van der Waals surface area contributed by atoms with Crippen molar-refractivity contribution < 1.29 is 38.1 Å². The van der Waals surface area contributed by atoms with E-state index in [-0.39, 0.29) is 6.54 Å². The molecule has 0 amide bonds. The van der Waals surface area contributed by atoms with Crippen LogP contribution in [0.25, 0.3) is 10.4 Å². The van der Waals surface area contributed by atoms with E-state index >= 15 is 0 Å². The first-order valence-electron chi connectivity index (χ1n) is 7.01. The lowest BCUT2D eigenvalue weighted by Gasteiger charge is -2.43. The lowest BCUT2D eigenvalue weighted by atomic mass is 9.98. The predicted octanol–water partition coefficient (Wildman–Crippen LogP) is 0.463. The summed E-state index contributed by atoms with van der Waals surface area (Å²) in [4.78, 5) is 36.8. The van der Waals surface area contributed by atoms with E-state index in [0.29, 0.717) is 0 Å². The van der Waals surface area contributed by atoms with Crippen LogP contribution in [0.15, 0.2) is 5.11 Å². The minimum atomic E-state index is -1.19. The van der Waals surface area contributed by atoms with Crippen LogP contribution in [0.4, 0.5) is 0 Å². The normalized spacial score (nSPS) is 29.1. The Balaban J connectivity index is 3.22. The van der Waals surface area contributed by atoms with Crippen molar-refractivity contribution in [2.24, 2.45) is 5.11 Å². The molecule has 0 bridgehead atoms. The Kier molecular flexibility index (Phi) is 7.43. The molecule has 0 spiro atoms. The summed E-state index contributed by atoms with van der Waals surface area (Å²) in [6.07, 6.45) is -5.56. The zero-order chi connectivity index (χ0) is 18.3. The second kappa shape index (κ2) is 9.06. The number of carbonyl (C=O) groups excluding carboxylic acids is 3. The van der Waals surface area contributed by atoms with E-state index < -0.39 is 48.6 Å². The van der Waals surface area contributed by atoms with Gasteiger partial charge in [-0.3, -0.25) is 14.4 Å². The minimum Gasteiger partial charge on any atom is -0.456 e. The van der Waals surface area contributed by atoms with Crippen LogP contribution in [0.2, 0.25) is 0 Å². The molecule has 1 aliphatic heterocycles. The van der Waals surface area contributed by atoms with Crippen LogP contribution in [-0.4, -0.2) is 62.3 Å². The molecule has 1 fully saturated rings. The number of hydrogen-bond acceptors (Lipinski definition) is 9. The van der Waals surface area contributed by atoms with E-state index in [9.17, 15) is 14.4 Å². The molecule has 11 nitrogen and oxygen atoms in total. The summed E-state index contributed by atoms with van der Waals surface area (Å²) in [6.45, 7) is 3.25. The van der Waals surface area contributed by atoms with Gasteiger partial charge >= 0.3 is 17.9 Å². The summed E-state index contributed by atoms with van der Waals surface area (Å²) in [6, 6.07) is 0. The third-order valence-corrected chi connectivity index (χ3v) is 3.05. The quantitative estimate of drug-likeness (QED) is 0.222. The lowest BCUT2D eigenvalue weighted by Crippen LogP contribution is -2.62. The van der Waals surface area contributed by atoms with E-state index in [1.807, 2.05) is 0 Å². The number of hydrogen-bond donors (Lipinski definition) is 0. The smallest absolute Gasteiger partial charge is 0.303 e. The van der Waals surface area contributed by atoms with E-state index in [0.717, 1.165) is 20.8 Å². The first kappa shape index (κ1) is 19.7. The Bertz CT molecular complexity index is 533. The number of carbonyl (C=O) groups is 3. The molecule has 0 aromatic heterocycles. The zero-order valence-electron chi connectivity index (χ0n) is 13.7. The van der Waals surface area contributed by atoms with Crippen molar-refractivity contribution in [3.63, 3.8) is 0 Å². The highest BCUT2D eigenvalue weighted by molar-refractivity contribution is 5.68. The SMILES string of the molecule is CO[C@@H]1O[C@H](CN=[N+]=[N-])[C@H](OC(C)=O)[C@H](OC(C)=O)[C@H]1OC(C)=O. The molecule has 0 aromatic rings. The molecule has 0 aromatic carbocycles. The molecule has 1 aliphatic rings. The summed E-state index contributed by atoms with van der Waals surface area (Å²) in [5.41, 5.74) is 8.48. The van der Waals surface area contributed by atoms with Crippen LogP contribution < -0.4 is 0 Å². The maximum absolute atomic E-state index is 11.4. The van der Waals surface area contributed by atoms with Gasteiger partial charge in [-0.05, 0) is 5.53 Å². The fourth-order valence-corrected chi connectivity index (χ4v) is 2.31. The van der Waals surface area contributed by atoms with Crippen LogP contribution in [0.3, 0.4) is 0 Å². The van der Waals surface area contributed by atoms with E-state index in [1.165, 1.54) is 7.11 Å². The van der Waals surface area contributed by atoms with Crippen LogP contribution >= 0.6 is 0 Å². The van der Waals surface area contributed by atoms with E-state index in [2.05, 4.69) is 10.0 Å². The molecule has 1 rings (SSSR count). The van der Waals surface area contributed by atoms with E-state index in [1.54, 1.807) is 0 Å². The van der Waals surface area contributed by atoms with Gasteiger partial charge in [-0.1, -0.05) is 5.11 Å². The molecule has 0 saturated carbocycles. The average molecular weight is 345 g/mol. The third kappa shape index (κ3) is 5.37. The monoisotopic (exact) mass is 345 g/mol. The molecule has 1 heterocycles. The number of methoxy groups -OCH3 is 1. The number of azide groups is 1. The molecule has 5 atom stereocenters. The number of ether oxygens (including phenoxy) is 5. The van der Waals surface area contributed by atoms with Crippen molar-refractivity contribution in [2.75, 3.05) is 13.7 Å². The Morgan fingerprint density at radius 3 is 1.96 bits per heavy atom. The lowest BCUT2D eigenvalue weighted by molar-refractivity contribution is -0.296. The first-order valence-corrected chi connectivity index (χ1v) is 7.01. The first-order chi connectivity index (χ1) is 11.3. The van der Waals surface area contributed by atoms with Crippen molar-refractivity contribution in [2.45, 2.75) is 51.5 Å². The van der Waals surface area contributed by atoms with Gasteiger partial charge in [0.15, 0.2) is 24.6 Å². The summed E-state index contributed by atoms with van der Waals surface area (Å²) < 4.78 is 26.1. The fourth-order valence-electron chi connectivity index (χ4n) is 2.31. The second-order valence-electron chi connectivity index (χ2n) is 4.91. The van der Waals surface area contributed by atoms with Gasteiger partial charge in [-0.2, -0.15) is 0 Å². The van der Waals surface area contributed by atoms with Crippen LogP contribution in [-0.2, 0) is 38.1 Å². The average Bonchev–Trinajstić information content (AvgIpc) is 2.48. The van der Waals surface area contributed by atoms with Gasteiger partial charge in [-0.15, -0.1) is 0 Å². The van der Waals surface area contributed by atoms with Crippen molar-refractivity contribution in [1.29, 1.82) is 0 Å². The molecule has 0 N–H and O–H groups in total. The summed E-state index contributed by atoms with van der Waals surface area (Å²) >= 11 is 0. The van der Waals surface area contributed by atoms with Crippen LogP contribution in [0, 0.1) is 0 Å². The zero-order valence-corrected chi connectivity index (χ0v) is 13.7. The molecule has 1 saturated heterocycles. The molecule has 134 valence electrons.